The topological polar surface area (TPSA) is 687 Å². The molecule has 1 radical (unpaired) electrons. The van der Waals surface area contributed by atoms with E-state index < -0.39 is 52.0 Å². The van der Waals surface area contributed by atoms with Crippen molar-refractivity contribution in [3.63, 3.8) is 0 Å². The van der Waals surface area contributed by atoms with Crippen LogP contribution in [-0.2, 0) is 9.47 Å². The number of carbonyl (C=O) groups is 4. The van der Waals surface area contributed by atoms with Crippen molar-refractivity contribution in [3.8, 4) is 34.6 Å². The van der Waals surface area contributed by atoms with Crippen LogP contribution < -0.4 is 128 Å². The minimum atomic E-state index is -1.00. The maximum atomic E-state index is 11.5. The fraction of sp³-hybridized carbons (Fsp3) is 0.462. The number of aromatic nitrogens is 20. The van der Waals surface area contributed by atoms with Crippen LogP contribution >= 0.6 is 62.9 Å². The van der Waals surface area contributed by atoms with E-state index in [0.717, 1.165) is 55.4 Å². The summed E-state index contributed by atoms with van der Waals surface area (Å²) in [6, 6.07) is 2.60. The fourth-order valence-electron chi connectivity index (χ4n) is 6.25. The average Bonchev–Trinajstić information content (AvgIpc) is 1.64. The quantitative estimate of drug-likeness (QED) is 0.00876. The zero-order valence-electron chi connectivity index (χ0n) is 62.6. The molecule has 43 nitrogen and oxygen atoms in total. The van der Waals surface area contributed by atoms with Gasteiger partial charge in [0.1, 0.15) is 44.8 Å². The molecule has 105 heavy (non-hydrogen) atoms. The number of hydrogen-bond donors (Lipinski definition) is 21. The average molecular weight is 1740 g/mol. The molecule has 4 saturated carbocycles. The van der Waals surface area contributed by atoms with E-state index in [1.54, 1.807) is 34.9 Å². The van der Waals surface area contributed by atoms with Gasteiger partial charge in [0.25, 0.3) is 17.7 Å². The second kappa shape index (κ2) is 65.5. The van der Waals surface area contributed by atoms with Crippen LogP contribution in [0.15, 0.2) is 96.7 Å². The molecular weight excluding hydrogens is 1650 g/mol. The number of halogens is 5. The molecule has 0 saturated heterocycles. The summed E-state index contributed by atoms with van der Waals surface area (Å²) in [4.78, 5) is 116. The smallest absolute Gasteiger partial charge is 1.00 e. The normalized spacial score (nSPS) is 12.1. The van der Waals surface area contributed by atoms with Crippen LogP contribution in [0.4, 0.5) is 13.6 Å². The third kappa shape index (κ3) is 48.9. The summed E-state index contributed by atoms with van der Waals surface area (Å²) in [5, 5.41) is 35.8. The summed E-state index contributed by atoms with van der Waals surface area (Å²) in [6.07, 6.45) is 24.9. The second-order valence-corrected chi connectivity index (χ2v) is 27.0. The van der Waals surface area contributed by atoms with Gasteiger partial charge in [0.15, 0.2) is 11.6 Å². The number of ether oxygens (including phenoxy) is 2. The van der Waals surface area contributed by atoms with Gasteiger partial charge in [-0.25, -0.2) is 74.6 Å². The van der Waals surface area contributed by atoms with Crippen LogP contribution in [0.25, 0.3) is 40.2 Å². The Morgan fingerprint density at radius 3 is 1.58 bits per heavy atom. The number of esters is 1. The number of aromatic amines is 9. The minimum Gasteiger partial charge on any atom is -1.00 e. The molecule has 4 aliphatic carbocycles. The van der Waals surface area contributed by atoms with Gasteiger partial charge in [-0.2, -0.15) is 10.2 Å². The number of nitrogens with zero attached hydrogens (tertiary/aromatic N) is 13. The number of amides is 4. The molecule has 27 N–H and O–H groups in total. The Labute approximate surface area is 684 Å². The van der Waals surface area contributed by atoms with E-state index in [2.05, 4.69) is 194 Å². The molecule has 0 aromatic carbocycles. The number of alkyl halides is 4. The monoisotopic (exact) mass is 1740 g/mol. The first kappa shape index (κ1) is 100. The summed E-state index contributed by atoms with van der Waals surface area (Å²) >= 11 is 13.8. The Hall–Kier alpha value is -6.81. The molecular formula is C52H92BBrClF2IN31Na2O12SSi. The first-order chi connectivity index (χ1) is 50.3. The van der Waals surface area contributed by atoms with Crippen LogP contribution in [-0.4, -0.2) is 207 Å². The molecule has 0 atom stereocenters. The number of carbonyl (C=O) groups excluding carboxylic acids is 4. The van der Waals surface area contributed by atoms with Gasteiger partial charge in [0.2, 0.25) is 0 Å². The number of thiol groups is 1. The molecule has 9 aromatic rings. The van der Waals surface area contributed by atoms with E-state index in [9.17, 15) is 42.3 Å². The molecule has 13 rings (SSSR count). The van der Waals surface area contributed by atoms with Gasteiger partial charge in [-0.1, -0.05) is 53.8 Å². The number of imidazole rings is 6. The Bertz CT molecular complexity index is 3780. The van der Waals surface area contributed by atoms with E-state index in [-0.39, 0.29) is 103 Å². The van der Waals surface area contributed by atoms with Gasteiger partial charge >= 0.3 is 113 Å². The predicted octanol–water partition coefficient (Wildman–Crippen LogP) is -1.90. The first-order valence-electron chi connectivity index (χ1n) is 31.2. The Morgan fingerprint density at radius 2 is 1.24 bits per heavy atom. The molecule has 0 spiro atoms. The number of aliphatic hydroxyl groups excluding tert-OH is 1. The Morgan fingerprint density at radius 1 is 0.810 bits per heavy atom. The number of rotatable bonds is 13. The van der Waals surface area contributed by atoms with Gasteiger partial charge in [0.05, 0.1) is 93.1 Å². The molecule has 53 heteroatoms. The molecule has 9 heterocycles. The number of nitrogens with one attached hydrogen (secondary N) is 12. The van der Waals surface area contributed by atoms with Gasteiger partial charge in [-0.3, -0.25) is 44.6 Å². The van der Waals surface area contributed by atoms with Crippen molar-refractivity contribution in [2.24, 2.45) is 33.3 Å². The number of methoxy groups -OCH3 is 1. The maximum Gasteiger partial charge on any atom is 1.00 e. The van der Waals surface area contributed by atoms with Crippen LogP contribution in [0.1, 0.15) is 107 Å². The number of primary amides is 1. The Balaban J connectivity index is -0.000000271. The summed E-state index contributed by atoms with van der Waals surface area (Å²) in [5.41, 5.74) is 19.3. The largest absolute Gasteiger partial charge is 1.00 e. The first-order valence-corrected chi connectivity index (χ1v) is 36.0. The summed E-state index contributed by atoms with van der Waals surface area (Å²) < 4.78 is 58.0. The van der Waals surface area contributed by atoms with E-state index >= 15 is 0 Å². The third-order valence-electron chi connectivity index (χ3n) is 11.3. The van der Waals surface area contributed by atoms with Crippen LogP contribution in [0, 0.1) is 0 Å². The zero-order chi connectivity index (χ0) is 79.5. The molecule has 4 amide bonds. The number of H-pyrrole nitrogens is 9. The number of hydrogen-bond acceptors (Lipinski definition) is 28. The number of nitrogens with two attached hydrogens (primary N) is 5. The molecule has 0 aliphatic heterocycles. The number of aliphatic hydroxyl groups is 1. The molecule has 4 aliphatic rings. The van der Waals surface area contributed by atoms with Crippen LogP contribution in [0.2, 0.25) is 25.7 Å². The van der Waals surface area contributed by atoms with Crippen molar-refractivity contribution in [1.29, 1.82) is 0 Å². The number of hydrazine groups is 2. The fourth-order valence-corrected chi connectivity index (χ4v) is 7.50. The molecule has 0 bridgehead atoms. The van der Waals surface area contributed by atoms with Gasteiger partial charge < -0.3 is 89.9 Å². The second-order valence-electron chi connectivity index (χ2n) is 20.1. The summed E-state index contributed by atoms with van der Waals surface area (Å²) in [6.45, 7) is 9.74. The maximum absolute atomic E-state index is 11.5. The van der Waals surface area contributed by atoms with Crippen molar-refractivity contribution >= 4 is 102 Å². The van der Waals surface area contributed by atoms with Crippen molar-refractivity contribution < 1.29 is 117 Å². The molecule has 0 unspecified atom stereocenters. The van der Waals surface area contributed by atoms with Gasteiger partial charge in [-0.05, 0) is 85.2 Å². The predicted molar refractivity (Wildman–Crippen MR) is 397 cm³/mol. The van der Waals surface area contributed by atoms with Gasteiger partial charge in [0, 0.05) is 46.8 Å². The van der Waals surface area contributed by atoms with Crippen LogP contribution in [0.5, 0.6) is 0 Å². The number of urea groups is 1. The van der Waals surface area contributed by atoms with E-state index in [0.29, 0.717) is 63.2 Å². The van der Waals surface area contributed by atoms with Crippen molar-refractivity contribution in [2.75, 3.05) is 45.6 Å². The molecule has 577 valence electrons. The molecule has 9 aromatic heterocycles. The molecule has 4 fully saturated rings. The summed E-state index contributed by atoms with van der Waals surface area (Å²) in [5.74, 6) is 11.6. The van der Waals surface area contributed by atoms with E-state index in [1.807, 2.05) is 28.2 Å². The van der Waals surface area contributed by atoms with E-state index in [1.165, 1.54) is 76.1 Å². The summed E-state index contributed by atoms with van der Waals surface area (Å²) in [7, 11) is 2.78. The van der Waals surface area contributed by atoms with Crippen molar-refractivity contribution in [1.82, 2.24) is 122 Å². The third-order valence-corrected chi connectivity index (χ3v) is 13.7. The van der Waals surface area contributed by atoms with Crippen molar-refractivity contribution in [3.05, 3.63) is 128 Å². The van der Waals surface area contributed by atoms with Gasteiger partial charge in [-0.15, -0.1) is 5.10 Å². The zero-order valence-corrected chi connectivity index (χ0v) is 69.0. The standard InChI is InChI=1S/C8H8BrN5O.C8H11N5O2.C8H9N5O.C6H15ClOSi.C5H4N4O2.C5H6N2O2.C4H5N3O.C3H7N.C2H6O.2CH3F.CH3I.BHNS.H3N2O.H4N2.H3N.2Na.H/c9-6-5(10-3-11-6)7-12-13-8(15)14(7)4-1-2-4;14-7(6-3-9-4-10-6)12-13-8(15)11-5-1-2-5;14-8-12-11-7(6-3-9-4-10-6)13(8)5-1-2-5;1-9(2,3)5-4-8-6-7;10-5-9-8-4(11-5)3-1-6-2-7-3;1-9-5(8)4-2-6-3-7-4;5-4(8)3-1-6-2-7-3;4-3-1-2-3;1-2-3;3*1-2;2*1-2-3;1-2;;;;/h3-4H,1-2H2,(H,10,11)(H,13,15);3-5H,1-2H2,(H,9,10)(H,12,14)(H2,11,13,15);3-5H,1-2H2,(H,9,10)(H,12,14);4-6H2,1-3H3;1-2H,(H,6,7)(H,9,10);2-3H,1H3,(H,6,7);1-2H,(H2,5,8)(H,6,7);3H,1-2,4H2;3H,2H2,1H3;3*1H3;3H;3H,1H2;1-2H2;1H3;;;/q;;;;;;;;;;;;;-1;;;2*+1;-1/i;;;;;;;;;3*1D;;;;;;;. The Kier molecular flexibility index (Phi) is 62.5. The van der Waals surface area contributed by atoms with Crippen molar-refractivity contribution in [2.45, 2.75) is 108 Å². The van der Waals surface area contributed by atoms with E-state index in [4.69, 9.17) is 42.2 Å². The van der Waals surface area contributed by atoms with Crippen LogP contribution in [0.3, 0.4) is 0 Å². The minimum absolute atomic E-state index is 0. The SMILES string of the molecule is CCO.COC(=O)c1cnc[nH]1.C[Si](C)(C)CCOCCl.N.NC(=O)c1cnc[nH]1.NC1CC1.NN.N[N-]O.O=C(NNC(=O)c1cnc[nH]1)NC1CC1.O=c1[nH]nc(-c2cnc[nH]2)n1C1CC1.O=c1[nH]nc(-c2cnc[nH]2)o1.O=c1[nH]nc(-c2nc[nH]c2Br)n1C1CC1.[2H]CF.[2H]CF.[2H]CI.[B]=NS.[H-].[Na+].[Na+].